The van der Waals surface area contributed by atoms with E-state index in [1.165, 1.54) is 30.6 Å². The molecule has 2 aromatic rings. The first kappa shape index (κ1) is 15.4. The lowest BCUT2D eigenvalue weighted by Crippen LogP contribution is -1.99. The third-order valence-corrected chi connectivity index (χ3v) is 3.34. The smallest absolute Gasteiger partial charge is 0.294 e. The number of rotatable bonds is 5. The molecule has 0 saturated heterocycles. The van der Waals surface area contributed by atoms with Crippen molar-refractivity contribution in [2.45, 2.75) is 5.75 Å². The van der Waals surface area contributed by atoms with Crippen LogP contribution in [0.3, 0.4) is 0 Å². The van der Waals surface area contributed by atoms with Crippen molar-refractivity contribution in [1.82, 2.24) is 4.98 Å². The minimum atomic E-state index is -1.98. The van der Waals surface area contributed by atoms with Crippen molar-refractivity contribution in [2.24, 2.45) is 0 Å². The molecule has 0 aliphatic heterocycles. The summed E-state index contributed by atoms with van der Waals surface area (Å²) < 4.78 is 19.6. The molecule has 0 aliphatic rings. The van der Waals surface area contributed by atoms with Gasteiger partial charge in [-0.05, 0) is 23.8 Å². The summed E-state index contributed by atoms with van der Waals surface area (Å²) in [6, 6.07) is 5.84. The standard InChI is InChI=1S/C12H10ClN3O4S/c13-9-1-2-11(12(4-9)16(17)18)15-10-3-8(5-14-6-10)7-21(19)20/h1-6,15H,7H2,(H,19,20). The van der Waals surface area contributed by atoms with Gasteiger partial charge >= 0.3 is 0 Å². The molecule has 0 amide bonds. The number of nitrogens with zero attached hydrogens (tertiary/aromatic N) is 2. The Bertz CT molecular complexity index is 711. The van der Waals surface area contributed by atoms with E-state index in [0.29, 0.717) is 11.3 Å². The van der Waals surface area contributed by atoms with Gasteiger partial charge in [0.25, 0.3) is 5.69 Å². The molecular formula is C12H10ClN3O4S. The lowest BCUT2D eigenvalue weighted by molar-refractivity contribution is -0.383. The van der Waals surface area contributed by atoms with Crippen LogP contribution in [-0.2, 0) is 16.8 Å². The zero-order valence-corrected chi connectivity index (χ0v) is 12.1. The molecule has 1 heterocycles. The van der Waals surface area contributed by atoms with E-state index < -0.39 is 16.0 Å². The number of pyridine rings is 1. The number of aromatic nitrogens is 1. The van der Waals surface area contributed by atoms with Crippen LogP contribution in [0.4, 0.5) is 17.1 Å². The van der Waals surface area contributed by atoms with Crippen molar-refractivity contribution in [2.75, 3.05) is 5.32 Å². The van der Waals surface area contributed by atoms with Crippen LogP contribution < -0.4 is 5.32 Å². The van der Waals surface area contributed by atoms with Gasteiger partial charge in [-0.25, -0.2) is 4.21 Å². The molecule has 0 spiro atoms. The normalized spacial score (nSPS) is 11.9. The Kier molecular flexibility index (Phi) is 4.84. The molecule has 0 saturated carbocycles. The number of halogens is 1. The van der Waals surface area contributed by atoms with E-state index in [2.05, 4.69) is 10.3 Å². The number of benzene rings is 1. The lowest BCUT2D eigenvalue weighted by atomic mass is 10.2. The topological polar surface area (TPSA) is 105 Å². The van der Waals surface area contributed by atoms with Gasteiger partial charge in [0, 0.05) is 17.3 Å². The molecule has 0 bridgehead atoms. The molecule has 0 fully saturated rings. The van der Waals surface area contributed by atoms with Crippen LogP contribution in [0.15, 0.2) is 36.7 Å². The lowest BCUT2D eigenvalue weighted by Gasteiger charge is -2.08. The average molecular weight is 328 g/mol. The monoisotopic (exact) mass is 327 g/mol. The summed E-state index contributed by atoms with van der Waals surface area (Å²) in [4.78, 5) is 14.4. The molecule has 2 N–H and O–H groups in total. The van der Waals surface area contributed by atoms with Gasteiger partial charge in [0.2, 0.25) is 0 Å². The summed E-state index contributed by atoms with van der Waals surface area (Å²) in [5, 5.41) is 14.1. The summed E-state index contributed by atoms with van der Waals surface area (Å²) in [7, 11) is 0. The summed E-state index contributed by atoms with van der Waals surface area (Å²) in [5.74, 6) is -0.0643. The molecule has 110 valence electrons. The van der Waals surface area contributed by atoms with E-state index in [0.717, 1.165) is 0 Å². The van der Waals surface area contributed by atoms with E-state index >= 15 is 0 Å². The van der Waals surface area contributed by atoms with Gasteiger partial charge in [-0.3, -0.25) is 15.1 Å². The van der Waals surface area contributed by atoms with Gasteiger partial charge in [0.05, 0.1) is 22.6 Å². The van der Waals surface area contributed by atoms with Crippen LogP contribution in [0.5, 0.6) is 0 Å². The Hall–Kier alpha value is -2.03. The van der Waals surface area contributed by atoms with Gasteiger partial charge in [0.1, 0.15) is 5.69 Å². The molecule has 1 aromatic carbocycles. The van der Waals surface area contributed by atoms with Crippen molar-refractivity contribution in [1.29, 1.82) is 0 Å². The van der Waals surface area contributed by atoms with E-state index in [1.54, 1.807) is 6.07 Å². The number of hydrogen-bond acceptors (Lipinski definition) is 5. The van der Waals surface area contributed by atoms with Crippen LogP contribution >= 0.6 is 11.6 Å². The molecule has 1 unspecified atom stereocenters. The quantitative estimate of drug-likeness (QED) is 0.496. The second-order valence-electron chi connectivity index (χ2n) is 4.09. The van der Waals surface area contributed by atoms with Gasteiger partial charge in [0.15, 0.2) is 11.1 Å². The Labute approximate surface area is 127 Å². The highest BCUT2D eigenvalue weighted by Gasteiger charge is 2.14. The number of anilines is 2. The Morgan fingerprint density at radius 2 is 2.14 bits per heavy atom. The van der Waals surface area contributed by atoms with E-state index in [-0.39, 0.29) is 22.2 Å². The molecule has 0 aliphatic carbocycles. The maximum Gasteiger partial charge on any atom is 0.294 e. The first-order valence-corrected chi connectivity index (χ1v) is 7.33. The highest BCUT2D eigenvalue weighted by Crippen LogP contribution is 2.30. The highest BCUT2D eigenvalue weighted by molar-refractivity contribution is 7.78. The van der Waals surface area contributed by atoms with E-state index in [9.17, 15) is 14.3 Å². The predicted octanol–water partition coefficient (Wildman–Crippen LogP) is 3.11. The minimum absolute atomic E-state index is 0.0643. The minimum Gasteiger partial charge on any atom is -0.349 e. The summed E-state index contributed by atoms with van der Waals surface area (Å²) in [5.41, 5.74) is 1.10. The van der Waals surface area contributed by atoms with Gasteiger partial charge < -0.3 is 9.87 Å². The maximum absolute atomic E-state index is 11.0. The first-order valence-electron chi connectivity index (χ1n) is 5.68. The van der Waals surface area contributed by atoms with E-state index in [1.807, 2.05) is 0 Å². The zero-order valence-electron chi connectivity index (χ0n) is 10.5. The average Bonchev–Trinajstić information content (AvgIpc) is 2.40. The van der Waals surface area contributed by atoms with Crippen molar-refractivity contribution in [3.8, 4) is 0 Å². The van der Waals surface area contributed by atoms with Crippen LogP contribution in [0, 0.1) is 10.1 Å². The van der Waals surface area contributed by atoms with Gasteiger partial charge in [-0.1, -0.05) is 11.6 Å². The van der Waals surface area contributed by atoms with E-state index in [4.69, 9.17) is 16.2 Å². The largest absolute Gasteiger partial charge is 0.349 e. The fourth-order valence-corrected chi connectivity index (χ4v) is 2.30. The Morgan fingerprint density at radius 1 is 1.38 bits per heavy atom. The molecule has 0 radical (unpaired) electrons. The molecular weight excluding hydrogens is 318 g/mol. The van der Waals surface area contributed by atoms with Crippen molar-refractivity contribution in [3.05, 3.63) is 57.4 Å². The third kappa shape index (κ3) is 4.22. The van der Waals surface area contributed by atoms with Crippen molar-refractivity contribution >= 4 is 39.7 Å². The number of nitrogens with one attached hydrogen (secondary N) is 1. The molecule has 2 rings (SSSR count). The fourth-order valence-electron chi connectivity index (χ4n) is 1.69. The molecule has 1 atom stereocenters. The number of hydrogen-bond donors (Lipinski definition) is 2. The Balaban J connectivity index is 2.30. The van der Waals surface area contributed by atoms with Crippen LogP contribution in [0.1, 0.15) is 5.56 Å². The van der Waals surface area contributed by atoms with Gasteiger partial charge in [-0.2, -0.15) is 0 Å². The molecule has 1 aromatic heterocycles. The summed E-state index contributed by atoms with van der Waals surface area (Å²) >= 11 is 3.76. The van der Waals surface area contributed by atoms with Crippen molar-refractivity contribution < 1.29 is 13.7 Å². The summed E-state index contributed by atoms with van der Waals surface area (Å²) in [6.07, 6.45) is 2.91. The molecule has 21 heavy (non-hydrogen) atoms. The number of nitro groups is 1. The zero-order chi connectivity index (χ0) is 15.4. The SMILES string of the molecule is O=[N+]([O-])c1cc(Cl)ccc1Nc1cncc(CS(=O)O)c1. The Morgan fingerprint density at radius 3 is 2.81 bits per heavy atom. The second kappa shape index (κ2) is 6.61. The summed E-state index contributed by atoms with van der Waals surface area (Å²) in [6.45, 7) is 0. The van der Waals surface area contributed by atoms with Crippen molar-refractivity contribution in [3.63, 3.8) is 0 Å². The predicted molar refractivity (Wildman–Crippen MR) is 80.1 cm³/mol. The third-order valence-electron chi connectivity index (χ3n) is 2.52. The van der Waals surface area contributed by atoms with Gasteiger partial charge in [-0.15, -0.1) is 0 Å². The second-order valence-corrected chi connectivity index (χ2v) is 5.46. The first-order chi connectivity index (χ1) is 9.95. The molecule has 7 nitrogen and oxygen atoms in total. The molecule has 9 heteroatoms. The fraction of sp³-hybridized carbons (Fsp3) is 0.0833. The van der Waals surface area contributed by atoms with Crippen LogP contribution in [-0.4, -0.2) is 18.7 Å². The highest BCUT2D eigenvalue weighted by atomic mass is 35.5. The number of nitro benzene ring substituents is 1. The maximum atomic E-state index is 11.0. The van der Waals surface area contributed by atoms with Crippen LogP contribution in [0.2, 0.25) is 5.02 Å². The van der Waals surface area contributed by atoms with Crippen LogP contribution in [0.25, 0.3) is 0 Å².